The van der Waals surface area contributed by atoms with Crippen molar-refractivity contribution in [2.45, 2.75) is 0 Å². The standard InChI is InChI=1S/O3.Zn/c1-3-2;. The maximum Gasteiger partial charge on any atom is 0.154 e. The zero-order valence-electron chi connectivity index (χ0n) is 1.93. The summed E-state index contributed by atoms with van der Waals surface area (Å²) in [5.74, 6) is 0. The largest absolute Gasteiger partial charge is 0.154 e. The van der Waals surface area contributed by atoms with Crippen LogP contribution >= 0.6 is 0 Å². The molecule has 4 heteroatoms. The Morgan fingerprint density at radius 2 is 1.75 bits per heavy atom. The fourth-order valence-corrected chi connectivity index (χ4v) is 0. The molecule has 3 nitrogen and oxygen atoms in total. The Morgan fingerprint density at radius 3 is 1.75 bits per heavy atom. The van der Waals surface area contributed by atoms with Gasteiger partial charge in [-0.25, -0.2) is 0 Å². The van der Waals surface area contributed by atoms with Crippen LogP contribution in [0.3, 0.4) is 0 Å². The average Bonchev–Trinajstić information content (AvgIpc) is 0.918. The van der Waals surface area contributed by atoms with Crippen LogP contribution in [-0.2, 0) is 19.5 Å². The van der Waals surface area contributed by atoms with Crippen molar-refractivity contribution >= 4 is 0 Å². The molecule has 0 aromatic carbocycles. The van der Waals surface area contributed by atoms with E-state index in [9.17, 15) is 0 Å². The van der Waals surface area contributed by atoms with Crippen LogP contribution in [0, 0.1) is 9.71 Å². The Labute approximate surface area is 35.2 Å². The topological polar surface area (TPSA) is 51.4 Å². The van der Waals surface area contributed by atoms with Gasteiger partial charge in [0.1, 0.15) is 0 Å². The van der Waals surface area contributed by atoms with Gasteiger partial charge in [-0.3, -0.25) is 0 Å². The summed E-state index contributed by atoms with van der Waals surface area (Å²) in [6.07, 6.45) is 0. The second kappa shape index (κ2) is 11.8. The molecule has 20 valence electrons. The third kappa shape index (κ3) is 3880. The Morgan fingerprint density at radius 1 is 1.75 bits per heavy atom. The van der Waals surface area contributed by atoms with Gasteiger partial charge in [0.05, 0.1) is 0 Å². The smallest absolute Gasteiger partial charge is 0.0772 e. The Hall–Kier alpha value is 0.0234. The van der Waals surface area contributed by atoms with Gasteiger partial charge in [0.2, 0.25) is 0 Å². The van der Waals surface area contributed by atoms with Gasteiger partial charge in [-0.15, -0.1) is 0 Å². The van der Waals surface area contributed by atoms with Crippen molar-refractivity contribution in [2.75, 3.05) is 0 Å². The minimum Gasteiger partial charge on any atom is -0.0772 e. The molecule has 0 rings (SSSR count). The van der Waals surface area contributed by atoms with Gasteiger partial charge in [0.15, 0.2) is 4.75 Å². The number of rotatable bonds is 0. The SMILES string of the molecule is O=[O+][O-].[Zn]. The molecular weight excluding hydrogens is 113 g/mol. The summed E-state index contributed by atoms with van der Waals surface area (Å²) in [4.78, 5) is 7.88. The van der Waals surface area contributed by atoms with Crippen molar-refractivity contribution < 1.29 is 24.7 Å². The summed E-state index contributed by atoms with van der Waals surface area (Å²) in [7, 11) is 0. The molecule has 0 unspecified atom stereocenters. The molecule has 0 aliphatic rings. The molecule has 4 heavy (non-hydrogen) atoms. The Kier molecular flexibility index (Phi) is 26.5. The van der Waals surface area contributed by atoms with Crippen LogP contribution in [0.25, 0.3) is 0 Å². The van der Waals surface area contributed by atoms with Gasteiger partial charge in [-0.1, -0.05) is 10.2 Å². The molecule has 0 atom stereocenters. The van der Waals surface area contributed by atoms with Crippen LogP contribution in [0.2, 0.25) is 0 Å². The first-order valence-electron chi connectivity index (χ1n) is 0.333. The molecule has 0 amide bonds. The van der Waals surface area contributed by atoms with Crippen LogP contribution < -0.4 is 5.26 Å². The quantitative estimate of drug-likeness (QED) is 0.173. The van der Waals surface area contributed by atoms with E-state index < -0.39 is 0 Å². The van der Waals surface area contributed by atoms with Crippen molar-refractivity contribution in [2.24, 2.45) is 0 Å². The first-order chi connectivity index (χ1) is 1.41. The molecule has 0 aliphatic carbocycles. The molecule has 0 saturated carbocycles. The van der Waals surface area contributed by atoms with Gasteiger partial charge in [-0.05, 0) is 0 Å². The van der Waals surface area contributed by atoms with Crippen molar-refractivity contribution in [3.8, 4) is 0 Å². The molecule has 0 aromatic rings. The van der Waals surface area contributed by atoms with E-state index in [-0.39, 0.29) is 19.5 Å². The third-order valence-corrected chi connectivity index (χ3v) is 0. The molecule has 0 aliphatic heterocycles. The van der Waals surface area contributed by atoms with Crippen LogP contribution in [0.15, 0.2) is 0 Å². The van der Waals surface area contributed by atoms with Gasteiger partial charge < -0.3 is 0 Å². The Balaban J connectivity index is 0. The normalized spacial score (nSPS) is 3.00. The average molecular weight is 113 g/mol. The maximum atomic E-state index is 7.88. The van der Waals surface area contributed by atoms with Crippen LogP contribution in [0.1, 0.15) is 0 Å². The van der Waals surface area contributed by atoms with Gasteiger partial charge >= 0.3 is 0 Å². The zero-order chi connectivity index (χ0) is 2.71. The summed E-state index contributed by atoms with van der Waals surface area (Å²) >= 11 is 0. The van der Waals surface area contributed by atoms with Crippen LogP contribution in [0.5, 0.6) is 0 Å². The Bertz CT molecular complexity index is 10.8. The molecule has 0 saturated heterocycles. The van der Waals surface area contributed by atoms with E-state index in [4.69, 9.17) is 10.2 Å². The molecule has 0 radical (unpaired) electrons. The fourth-order valence-electron chi connectivity index (χ4n) is 0. The monoisotopic (exact) mass is 112 g/mol. The number of hydrogen-bond acceptors (Lipinski definition) is 2. The van der Waals surface area contributed by atoms with E-state index in [1.165, 1.54) is 0 Å². The summed E-state index contributed by atoms with van der Waals surface area (Å²) < 4.78 is 1.75. The summed E-state index contributed by atoms with van der Waals surface area (Å²) in [6.45, 7) is 0. The molecule has 0 heterocycles. The molecule has 0 N–H and O–H groups in total. The summed E-state index contributed by atoms with van der Waals surface area (Å²) in [5, 5.41) is 7.88. The molecule has 0 aromatic heterocycles. The van der Waals surface area contributed by atoms with Gasteiger partial charge in [0, 0.05) is 19.5 Å². The second-order valence-corrected chi connectivity index (χ2v) is 0.0680. The van der Waals surface area contributed by atoms with Crippen molar-refractivity contribution in [3.05, 3.63) is 9.71 Å². The molecule has 0 bridgehead atoms. The zero-order valence-corrected chi connectivity index (χ0v) is 4.90. The van der Waals surface area contributed by atoms with E-state index in [1.54, 1.807) is 4.75 Å². The predicted molar refractivity (Wildman–Crippen MR) is 6.73 cm³/mol. The van der Waals surface area contributed by atoms with Crippen molar-refractivity contribution in [1.82, 2.24) is 0 Å². The van der Waals surface area contributed by atoms with E-state index >= 15 is 0 Å². The van der Waals surface area contributed by atoms with E-state index in [0.29, 0.717) is 0 Å². The van der Waals surface area contributed by atoms with E-state index in [0.717, 1.165) is 0 Å². The second-order valence-electron chi connectivity index (χ2n) is 0.0680. The fraction of sp³-hybridized carbons (Fsp3) is 0. The van der Waals surface area contributed by atoms with E-state index in [1.807, 2.05) is 0 Å². The first-order valence-corrected chi connectivity index (χ1v) is 0.333. The summed E-state index contributed by atoms with van der Waals surface area (Å²) in [6, 6.07) is 0. The van der Waals surface area contributed by atoms with Crippen molar-refractivity contribution in [3.63, 3.8) is 0 Å². The van der Waals surface area contributed by atoms with Crippen LogP contribution in [0.4, 0.5) is 0 Å². The summed E-state index contributed by atoms with van der Waals surface area (Å²) in [5.41, 5.74) is 0. The molecule has 0 fully saturated rings. The van der Waals surface area contributed by atoms with Gasteiger partial charge in [-0.2, -0.15) is 0 Å². The van der Waals surface area contributed by atoms with Gasteiger partial charge in [0.25, 0.3) is 0 Å². The number of hydrogen-bond donors (Lipinski definition) is 0. The first kappa shape index (κ1) is 8.98. The maximum absolute atomic E-state index is 7.88. The molecule has 0 spiro atoms. The minimum absolute atomic E-state index is 0. The van der Waals surface area contributed by atoms with Crippen molar-refractivity contribution in [1.29, 1.82) is 0 Å². The minimum atomic E-state index is 0. The predicted octanol–water partition coefficient (Wildman–Crippen LogP) is -1.12. The molecular formula is O3Zn. The third-order valence-electron chi connectivity index (χ3n) is 0. The van der Waals surface area contributed by atoms with Crippen LogP contribution in [-0.4, -0.2) is 0 Å². The van der Waals surface area contributed by atoms with E-state index in [2.05, 4.69) is 0 Å².